The van der Waals surface area contributed by atoms with Crippen LogP contribution >= 0.6 is 0 Å². The van der Waals surface area contributed by atoms with E-state index in [9.17, 15) is 24.1 Å². The Morgan fingerprint density at radius 3 is 2.54 bits per heavy atom. The molecule has 0 N–H and O–H groups in total. The van der Waals surface area contributed by atoms with Crippen molar-refractivity contribution in [2.75, 3.05) is 37.7 Å². The van der Waals surface area contributed by atoms with E-state index in [1.54, 1.807) is 23.1 Å². The van der Waals surface area contributed by atoms with E-state index >= 15 is 0 Å². The second-order valence-electron chi connectivity index (χ2n) is 6.21. The van der Waals surface area contributed by atoms with Gasteiger partial charge < -0.3 is 14.5 Å². The first-order valence-corrected chi connectivity index (χ1v) is 8.63. The molecule has 2 aromatic carbocycles. The van der Waals surface area contributed by atoms with Gasteiger partial charge in [-0.15, -0.1) is 0 Å². The van der Waals surface area contributed by atoms with E-state index < -0.39 is 4.92 Å². The van der Waals surface area contributed by atoms with Crippen molar-refractivity contribution in [3.8, 4) is 5.75 Å². The number of piperazine rings is 1. The van der Waals surface area contributed by atoms with Crippen molar-refractivity contribution >= 4 is 23.6 Å². The molecule has 0 radical (unpaired) electrons. The molecule has 2 aromatic rings. The molecule has 0 aliphatic carbocycles. The number of ether oxygens (including phenoxy) is 1. The van der Waals surface area contributed by atoms with E-state index in [4.69, 9.17) is 4.74 Å². The van der Waals surface area contributed by atoms with Gasteiger partial charge in [-0.05, 0) is 18.2 Å². The van der Waals surface area contributed by atoms with E-state index in [1.807, 2.05) is 4.90 Å². The molecule has 0 unspecified atom stereocenters. The van der Waals surface area contributed by atoms with Crippen molar-refractivity contribution in [3.63, 3.8) is 0 Å². The number of hydrogen-bond donors (Lipinski definition) is 0. The Kier molecular flexibility index (Phi) is 5.83. The first kappa shape index (κ1) is 19.3. The predicted molar refractivity (Wildman–Crippen MR) is 99.2 cm³/mol. The molecule has 8 nitrogen and oxygen atoms in total. The summed E-state index contributed by atoms with van der Waals surface area (Å²) in [6.07, 6.45) is 0.444. The zero-order chi connectivity index (χ0) is 20.1. The molecule has 0 atom stereocenters. The third-order valence-electron chi connectivity index (χ3n) is 4.51. The summed E-state index contributed by atoms with van der Waals surface area (Å²) in [5.41, 5.74) is 0.281. The van der Waals surface area contributed by atoms with Crippen LogP contribution in [0.25, 0.3) is 0 Å². The maximum atomic E-state index is 13.9. The average Bonchev–Trinajstić information content (AvgIpc) is 2.72. The summed E-state index contributed by atoms with van der Waals surface area (Å²) in [6, 6.07) is 10.1. The van der Waals surface area contributed by atoms with Crippen LogP contribution in [0.15, 0.2) is 42.5 Å². The number of hydrogen-bond acceptors (Lipinski definition) is 6. The second kappa shape index (κ2) is 8.47. The summed E-state index contributed by atoms with van der Waals surface area (Å²) in [7, 11) is 0. The number of nitrogens with zero attached hydrogens (tertiary/aromatic N) is 3. The van der Waals surface area contributed by atoms with Gasteiger partial charge in [0.1, 0.15) is 11.6 Å². The second-order valence-corrected chi connectivity index (χ2v) is 6.21. The van der Waals surface area contributed by atoms with E-state index in [-0.39, 0.29) is 35.3 Å². The predicted octanol–water partition coefficient (Wildman–Crippen LogP) is 2.27. The minimum atomic E-state index is -0.614. The van der Waals surface area contributed by atoms with Gasteiger partial charge in [-0.1, -0.05) is 12.1 Å². The first-order valence-electron chi connectivity index (χ1n) is 8.63. The van der Waals surface area contributed by atoms with Gasteiger partial charge in [0.2, 0.25) is 0 Å². The number of amides is 1. The van der Waals surface area contributed by atoms with Crippen LogP contribution in [0.2, 0.25) is 0 Å². The van der Waals surface area contributed by atoms with Crippen molar-refractivity contribution in [2.24, 2.45) is 0 Å². The summed E-state index contributed by atoms with van der Waals surface area (Å²) in [5, 5.41) is 10.8. The van der Waals surface area contributed by atoms with Crippen LogP contribution in [0.5, 0.6) is 5.75 Å². The van der Waals surface area contributed by atoms with Crippen LogP contribution in [0, 0.1) is 15.9 Å². The molecule has 28 heavy (non-hydrogen) atoms. The zero-order valence-corrected chi connectivity index (χ0v) is 14.9. The van der Waals surface area contributed by atoms with Crippen LogP contribution in [0.4, 0.5) is 15.8 Å². The Morgan fingerprint density at radius 2 is 1.89 bits per heavy atom. The highest BCUT2D eigenvalue weighted by Gasteiger charge is 2.23. The van der Waals surface area contributed by atoms with Crippen molar-refractivity contribution in [1.29, 1.82) is 0 Å². The molecule has 146 valence electrons. The molecular weight excluding hydrogens is 369 g/mol. The number of halogens is 1. The van der Waals surface area contributed by atoms with E-state index in [1.165, 1.54) is 18.2 Å². The average molecular weight is 387 g/mol. The van der Waals surface area contributed by atoms with Gasteiger partial charge in [-0.25, -0.2) is 4.39 Å². The molecule has 0 bridgehead atoms. The summed E-state index contributed by atoms with van der Waals surface area (Å²) in [6.45, 7) is 1.51. The maximum absolute atomic E-state index is 13.9. The normalized spacial score (nSPS) is 13.9. The number of benzene rings is 2. The largest absolute Gasteiger partial charge is 0.483 e. The van der Waals surface area contributed by atoms with Gasteiger partial charge in [0.25, 0.3) is 11.6 Å². The van der Waals surface area contributed by atoms with Crippen molar-refractivity contribution in [3.05, 3.63) is 64.0 Å². The molecule has 1 aliphatic rings. The topological polar surface area (TPSA) is 93.0 Å². The van der Waals surface area contributed by atoms with Crippen LogP contribution in [-0.2, 0) is 4.79 Å². The molecular formula is C19H18FN3O5. The van der Waals surface area contributed by atoms with Gasteiger partial charge >= 0.3 is 0 Å². The highest BCUT2D eigenvalue weighted by Crippen LogP contribution is 2.23. The van der Waals surface area contributed by atoms with Crippen LogP contribution < -0.4 is 9.64 Å². The lowest BCUT2D eigenvalue weighted by molar-refractivity contribution is -0.384. The number of carbonyl (C=O) groups excluding carboxylic acids is 2. The Labute approximate surface area is 160 Å². The fraction of sp³-hybridized carbons (Fsp3) is 0.263. The minimum Gasteiger partial charge on any atom is -0.483 e. The van der Waals surface area contributed by atoms with E-state index in [2.05, 4.69) is 0 Å². The Morgan fingerprint density at radius 1 is 1.18 bits per heavy atom. The molecule has 1 heterocycles. The fourth-order valence-corrected chi connectivity index (χ4v) is 3.01. The zero-order valence-electron chi connectivity index (χ0n) is 14.9. The van der Waals surface area contributed by atoms with Gasteiger partial charge in [0.15, 0.2) is 12.9 Å². The third-order valence-corrected chi connectivity index (χ3v) is 4.51. The van der Waals surface area contributed by atoms with Gasteiger partial charge in [0.05, 0.1) is 16.2 Å². The summed E-state index contributed by atoms with van der Waals surface area (Å²) in [4.78, 5) is 37.1. The van der Waals surface area contributed by atoms with Crippen LogP contribution in [-0.4, -0.2) is 54.8 Å². The number of anilines is 1. The highest BCUT2D eigenvalue weighted by atomic mass is 19.1. The minimum absolute atomic E-state index is 0.00590. The number of nitro benzene ring substituents is 1. The summed E-state index contributed by atoms with van der Waals surface area (Å²) >= 11 is 0. The molecule has 3 rings (SSSR count). The number of rotatable bonds is 6. The van der Waals surface area contributed by atoms with Crippen LogP contribution in [0.3, 0.4) is 0 Å². The lowest BCUT2D eigenvalue weighted by atomic mass is 10.2. The van der Waals surface area contributed by atoms with Crippen molar-refractivity contribution in [2.45, 2.75) is 0 Å². The maximum Gasteiger partial charge on any atom is 0.270 e. The van der Waals surface area contributed by atoms with E-state index in [0.717, 1.165) is 6.07 Å². The summed E-state index contributed by atoms with van der Waals surface area (Å²) in [5.74, 6) is -0.465. The molecule has 1 amide bonds. The highest BCUT2D eigenvalue weighted by molar-refractivity contribution is 5.82. The molecule has 1 saturated heterocycles. The first-order chi connectivity index (χ1) is 13.5. The third kappa shape index (κ3) is 4.25. The van der Waals surface area contributed by atoms with Crippen molar-refractivity contribution in [1.82, 2.24) is 4.90 Å². The van der Waals surface area contributed by atoms with Gasteiger partial charge in [-0.3, -0.25) is 19.7 Å². The smallest absolute Gasteiger partial charge is 0.270 e. The fourth-order valence-electron chi connectivity index (χ4n) is 3.01. The number of aldehydes is 1. The molecule has 0 aromatic heterocycles. The Bertz CT molecular complexity index is 897. The quantitative estimate of drug-likeness (QED) is 0.429. The van der Waals surface area contributed by atoms with Crippen LogP contribution in [0.1, 0.15) is 10.4 Å². The molecule has 1 aliphatic heterocycles. The van der Waals surface area contributed by atoms with E-state index in [0.29, 0.717) is 38.2 Å². The molecule has 0 spiro atoms. The monoisotopic (exact) mass is 387 g/mol. The van der Waals surface area contributed by atoms with Crippen molar-refractivity contribution < 1.29 is 23.6 Å². The lowest BCUT2D eigenvalue weighted by Gasteiger charge is -2.36. The summed E-state index contributed by atoms with van der Waals surface area (Å²) < 4.78 is 19.3. The standard InChI is InChI=1S/C19H18FN3O5/c20-16-3-1-2-4-17(16)21-7-9-22(10-8-21)19(25)13-28-18-6-5-15(23(26)27)11-14(18)12-24/h1-6,11-12H,7-10,13H2. The number of nitro groups is 1. The van der Waals surface area contributed by atoms with Gasteiger partial charge in [-0.2, -0.15) is 0 Å². The number of para-hydroxylation sites is 1. The SMILES string of the molecule is O=Cc1cc([N+](=O)[O-])ccc1OCC(=O)N1CCN(c2ccccc2F)CC1. The number of non-ortho nitro benzene ring substituents is 1. The molecule has 0 saturated carbocycles. The molecule has 1 fully saturated rings. The Hall–Kier alpha value is -3.49. The lowest BCUT2D eigenvalue weighted by Crippen LogP contribution is -2.50. The molecule has 9 heteroatoms. The Balaban J connectivity index is 1.56. The number of carbonyl (C=O) groups is 2. The van der Waals surface area contributed by atoms with Gasteiger partial charge in [0, 0.05) is 38.3 Å².